The second-order valence-electron chi connectivity index (χ2n) is 4.59. The van der Waals surface area contributed by atoms with Crippen molar-refractivity contribution < 1.29 is 0 Å². The van der Waals surface area contributed by atoms with Crippen LogP contribution in [-0.4, -0.2) is 24.8 Å². The lowest BCUT2D eigenvalue weighted by Crippen LogP contribution is -2.12. The van der Waals surface area contributed by atoms with Crippen LogP contribution >= 0.6 is 34.4 Å². The van der Waals surface area contributed by atoms with Crippen LogP contribution in [0.3, 0.4) is 0 Å². The molecule has 4 heterocycles. The molecule has 7 nitrogen and oxygen atoms in total. The first-order chi connectivity index (χ1) is 11.2. The molecule has 4 aromatic rings. The van der Waals surface area contributed by atoms with Crippen molar-refractivity contribution in [2.45, 2.75) is 10.9 Å². The fourth-order valence-electron chi connectivity index (χ4n) is 2.07. The predicted molar refractivity (Wildman–Crippen MR) is 93.3 cm³/mol. The minimum absolute atomic E-state index is 0.117. The molecule has 0 bridgehead atoms. The number of thioether (sulfide) groups is 1. The summed E-state index contributed by atoms with van der Waals surface area (Å²) in [7, 11) is 0. The highest BCUT2D eigenvalue weighted by Crippen LogP contribution is 2.26. The number of fused-ring (bicyclic) bond motifs is 1. The number of aromatic amines is 1. The van der Waals surface area contributed by atoms with Crippen molar-refractivity contribution in [1.82, 2.24) is 24.8 Å². The summed E-state index contributed by atoms with van der Waals surface area (Å²) >= 11 is 4.31. The van der Waals surface area contributed by atoms with E-state index >= 15 is 0 Å². The summed E-state index contributed by atoms with van der Waals surface area (Å²) in [5, 5.41) is 12.6. The summed E-state index contributed by atoms with van der Waals surface area (Å²) in [6.45, 7) is 0. The van der Waals surface area contributed by atoms with Gasteiger partial charge in [0.15, 0.2) is 5.82 Å². The van der Waals surface area contributed by atoms with Gasteiger partial charge in [0.25, 0.3) is 5.56 Å². The van der Waals surface area contributed by atoms with E-state index < -0.39 is 0 Å². The highest BCUT2D eigenvalue weighted by Gasteiger charge is 2.14. The van der Waals surface area contributed by atoms with Crippen molar-refractivity contribution in [3.8, 4) is 10.7 Å². The first-order valence-corrected chi connectivity index (χ1v) is 9.30. The molecule has 4 rings (SSSR count). The number of nitrogens with zero attached hydrogens (tertiary/aromatic N) is 4. The zero-order valence-corrected chi connectivity index (χ0v) is 14.0. The van der Waals surface area contributed by atoms with Crippen LogP contribution in [0, 0.1) is 0 Å². The first kappa shape index (κ1) is 14.4. The van der Waals surface area contributed by atoms with Crippen LogP contribution in [0.25, 0.3) is 20.9 Å². The highest BCUT2D eigenvalue weighted by atomic mass is 32.2. The van der Waals surface area contributed by atoms with Crippen LogP contribution in [0.4, 0.5) is 0 Å². The van der Waals surface area contributed by atoms with Gasteiger partial charge in [-0.15, -0.1) is 32.9 Å². The molecule has 0 aliphatic carbocycles. The molecule has 0 radical (unpaired) electrons. The number of nitrogens with one attached hydrogen (secondary N) is 1. The number of thiophene rings is 2. The van der Waals surface area contributed by atoms with Crippen LogP contribution in [0.15, 0.2) is 38.9 Å². The molecule has 10 heteroatoms. The van der Waals surface area contributed by atoms with Gasteiger partial charge in [0.2, 0.25) is 5.16 Å². The van der Waals surface area contributed by atoms with Crippen LogP contribution in [0.5, 0.6) is 0 Å². The molecule has 3 N–H and O–H groups in total. The molecule has 23 heavy (non-hydrogen) atoms. The van der Waals surface area contributed by atoms with Crippen molar-refractivity contribution >= 4 is 44.7 Å². The van der Waals surface area contributed by atoms with Gasteiger partial charge in [0.1, 0.15) is 10.5 Å². The Bertz CT molecular complexity index is 1020. The maximum atomic E-state index is 11.9. The van der Waals surface area contributed by atoms with Crippen LogP contribution < -0.4 is 11.4 Å². The van der Waals surface area contributed by atoms with E-state index in [0.717, 1.165) is 4.88 Å². The molecular weight excluding hydrogens is 352 g/mol. The second kappa shape index (κ2) is 5.80. The van der Waals surface area contributed by atoms with Crippen LogP contribution in [0.2, 0.25) is 0 Å². The molecule has 0 amide bonds. The Morgan fingerprint density at radius 3 is 3.00 bits per heavy atom. The summed E-state index contributed by atoms with van der Waals surface area (Å²) in [5.74, 6) is 7.72. The van der Waals surface area contributed by atoms with Crippen molar-refractivity contribution in [2.75, 3.05) is 5.84 Å². The lowest BCUT2D eigenvalue weighted by Gasteiger charge is -2.02. The van der Waals surface area contributed by atoms with E-state index in [1.807, 2.05) is 29.0 Å². The van der Waals surface area contributed by atoms with Crippen LogP contribution in [0.1, 0.15) is 5.82 Å². The monoisotopic (exact) mass is 362 g/mol. The zero-order valence-electron chi connectivity index (χ0n) is 11.6. The third kappa shape index (κ3) is 2.64. The lowest BCUT2D eigenvalue weighted by molar-refractivity contribution is 0.848. The Hall–Kier alpha value is -2.17. The molecule has 0 fully saturated rings. The predicted octanol–water partition coefficient (Wildman–Crippen LogP) is 2.31. The largest absolute Gasteiger partial charge is 0.335 e. The molecule has 0 aliphatic rings. The van der Waals surface area contributed by atoms with Gasteiger partial charge in [0.05, 0.1) is 16.1 Å². The molecule has 4 aromatic heterocycles. The number of hydrogen-bond acceptors (Lipinski definition) is 8. The smallest absolute Gasteiger partial charge is 0.268 e. The van der Waals surface area contributed by atoms with Crippen molar-refractivity contribution in [3.63, 3.8) is 0 Å². The van der Waals surface area contributed by atoms with E-state index in [1.165, 1.54) is 27.8 Å². The molecule has 0 aliphatic heterocycles. The van der Waals surface area contributed by atoms with Gasteiger partial charge < -0.3 is 10.8 Å². The van der Waals surface area contributed by atoms with Gasteiger partial charge in [-0.1, -0.05) is 17.8 Å². The molecular formula is C13H10N6OS3. The third-order valence-electron chi connectivity index (χ3n) is 3.11. The van der Waals surface area contributed by atoms with Gasteiger partial charge >= 0.3 is 0 Å². The van der Waals surface area contributed by atoms with Crippen molar-refractivity contribution in [2.24, 2.45) is 0 Å². The Kier molecular flexibility index (Phi) is 3.63. The zero-order chi connectivity index (χ0) is 15.8. The minimum atomic E-state index is -0.117. The van der Waals surface area contributed by atoms with E-state index in [9.17, 15) is 4.79 Å². The van der Waals surface area contributed by atoms with E-state index in [4.69, 9.17) is 5.84 Å². The maximum Gasteiger partial charge on any atom is 0.268 e. The molecule has 0 spiro atoms. The number of nitrogens with two attached hydrogens (primary N) is 1. The van der Waals surface area contributed by atoms with Gasteiger partial charge in [0, 0.05) is 0 Å². The standard InChI is InChI=1S/C13H10N6OS3/c14-19-11(8-2-1-4-21-8)17-18-13(19)23-6-9-15-7-3-5-22-10(7)12(20)16-9/h1-5H,6,14H2,(H,15,16,20). The second-order valence-corrected chi connectivity index (χ2v) is 7.40. The number of nitrogen functional groups attached to an aromatic ring is 1. The van der Waals surface area contributed by atoms with Gasteiger partial charge in [-0.05, 0) is 22.9 Å². The SMILES string of the molecule is Nn1c(SCc2nc3ccsc3c(=O)[nH]2)nnc1-c1cccs1. The topological polar surface area (TPSA) is 102 Å². The average Bonchev–Trinajstić information content (AvgIpc) is 3.25. The number of rotatable bonds is 4. The van der Waals surface area contributed by atoms with E-state index in [1.54, 1.807) is 11.3 Å². The minimum Gasteiger partial charge on any atom is -0.335 e. The van der Waals surface area contributed by atoms with E-state index in [-0.39, 0.29) is 5.56 Å². The Morgan fingerprint density at radius 1 is 1.26 bits per heavy atom. The number of aromatic nitrogens is 5. The highest BCUT2D eigenvalue weighted by molar-refractivity contribution is 7.98. The average molecular weight is 362 g/mol. The summed E-state index contributed by atoms with van der Waals surface area (Å²) in [6.07, 6.45) is 0. The van der Waals surface area contributed by atoms with Gasteiger partial charge in [-0.25, -0.2) is 9.66 Å². The van der Waals surface area contributed by atoms with Gasteiger partial charge in [-0.2, -0.15) is 0 Å². The maximum absolute atomic E-state index is 11.9. The van der Waals surface area contributed by atoms with E-state index in [2.05, 4.69) is 20.2 Å². The fourth-order valence-corrected chi connectivity index (χ4v) is 4.23. The summed E-state index contributed by atoms with van der Waals surface area (Å²) < 4.78 is 2.10. The quantitative estimate of drug-likeness (QED) is 0.427. The van der Waals surface area contributed by atoms with Crippen molar-refractivity contribution in [1.29, 1.82) is 0 Å². The normalized spacial score (nSPS) is 11.3. The molecule has 116 valence electrons. The Labute approximate surface area is 142 Å². The molecule has 0 aromatic carbocycles. The summed E-state index contributed by atoms with van der Waals surface area (Å²) in [6, 6.07) is 5.71. The molecule has 0 unspecified atom stereocenters. The molecule has 0 saturated heterocycles. The van der Waals surface area contributed by atoms with Crippen molar-refractivity contribution in [3.05, 3.63) is 45.1 Å². The Balaban J connectivity index is 1.58. The molecule has 0 saturated carbocycles. The van der Waals surface area contributed by atoms with Crippen LogP contribution in [-0.2, 0) is 5.75 Å². The third-order valence-corrected chi connectivity index (χ3v) is 5.83. The Morgan fingerprint density at radius 2 is 2.17 bits per heavy atom. The summed E-state index contributed by atoms with van der Waals surface area (Å²) in [5.41, 5.74) is 0.594. The first-order valence-electron chi connectivity index (χ1n) is 6.56. The summed E-state index contributed by atoms with van der Waals surface area (Å²) in [4.78, 5) is 20.1. The number of H-pyrrole nitrogens is 1. The fraction of sp³-hybridized carbons (Fsp3) is 0.0769. The number of hydrogen-bond donors (Lipinski definition) is 2. The molecule has 0 atom stereocenters. The van der Waals surface area contributed by atoms with Gasteiger partial charge in [-0.3, -0.25) is 4.79 Å². The lowest BCUT2D eigenvalue weighted by atomic mass is 10.4. The van der Waals surface area contributed by atoms with E-state index in [0.29, 0.717) is 32.8 Å².